The molecular formula is C11H14F2N2O. The molecule has 0 radical (unpaired) electrons. The second-order valence-corrected chi connectivity index (χ2v) is 3.62. The van der Waals surface area contributed by atoms with Gasteiger partial charge in [-0.1, -0.05) is 12.1 Å². The number of rotatable bonds is 3. The molecule has 0 saturated carbocycles. The highest BCUT2D eigenvalue weighted by molar-refractivity contribution is 6.00. The van der Waals surface area contributed by atoms with Crippen LogP contribution in [0.3, 0.4) is 0 Å². The van der Waals surface area contributed by atoms with E-state index in [1.807, 2.05) is 0 Å². The van der Waals surface area contributed by atoms with Crippen LogP contribution in [0.25, 0.3) is 0 Å². The van der Waals surface area contributed by atoms with Gasteiger partial charge in [0.15, 0.2) is 0 Å². The molecule has 2 N–H and O–H groups in total. The first-order valence-corrected chi connectivity index (χ1v) is 4.82. The minimum absolute atomic E-state index is 0.297. The summed E-state index contributed by atoms with van der Waals surface area (Å²) in [6, 6.07) is 5.02. The van der Waals surface area contributed by atoms with Crippen molar-refractivity contribution in [3.05, 3.63) is 29.3 Å². The van der Waals surface area contributed by atoms with Crippen LogP contribution in [0.5, 0.6) is 0 Å². The van der Waals surface area contributed by atoms with Crippen LogP contribution in [-0.2, 0) is 0 Å². The standard InChI is InChI=1S/C11H14F2N2O/c1-7-4-3-5-8(14)10(7)11(16)15(2)6-9(12)13/h3-5,9H,6,14H2,1-2H3. The summed E-state index contributed by atoms with van der Waals surface area (Å²) in [4.78, 5) is 12.8. The van der Waals surface area contributed by atoms with Crippen molar-refractivity contribution in [3.63, 3.8) is 0 Å². The zero-order valence-electron chi connectivity index (χ0n) is 9.21. The summed E-state index contributed by atoms with van der Waals surface area (Å²) in [6.07, 6.45) is -2.54. The molecule has 0 aromatic heterocycles. The van der Waals surface area contributed by atoms with Crippen LogP contribution in [0.2, 0.25) is 0 Å². The van der Waals surface area contributed by atoms with Crippen LogP contribution in [0.4, 0.5) is 14.5 Å². The van der Waals surface area contributed by atoms with Gasteiger partial charge in [-0.05, 0) is 18.6 Å². The third-order valence-corrected chi connectivity index (χ3v) is 2.28. The summed E-state index contributed by atoms with van der Waals surface area (Å²) in [5.41, 5.74) is 6.95. The number of aryl methyl sites for hydroxylation is 1. The Labute approximate surface area is 92.8 Å². The minimum Gasteiger partial charge on any atom is -0.398 e. The molecule has 0 bridgehead atoms. The molecule has 0 spiro atoms. The number of carbonyl (C=O) groups is 1. The molecule has 0 aliphatic rings. The minimum atomic E-state index is -2.54. The first-order valence-electron chi connectivity index (χ1n) is 4.82. The summed E-state index contributed by atoms with van der Waals surface area (Å²) in [6.45, 7) is 1.13. The predicted octanol–water partition coefficient (Wildman–Crippen LogP) is 1.91. The van der Waals surface area contributed by atoms with Gasteiger partial charge in [0.1, 0.15) is 0 Å². The van der Waals surface area contributed by atoms with E-state index in [1.165, 1.54) is 7.05 Å². The van der Waals surface area contributed by atoms with Crippen molar-refractivity contribution in [2.24, 2.45) is 0 Å². The Morgan fingerprint density at radius 3 is 2.62 bits per heavy atom. The third-order valence-electron chi connectivity index (χ3n) is 2.28. The Bertz CT molecular complexity index is 373. The number of carbonyl (C=O) groups excluding carboxylic acids is 1. The van der Waals surface area contributed by atoms with Crippen molar-refractivity contribution in [1.29, 1.82) is 0 Å². The summed E-state index contributed by atoms with van der Waals surface area (Å²) in [7, 11) is 1.33. The number of benzene rings is 1. The number of hydrogen-bond acceptors (Lipinski definition) is 2. The lowest BCUT2D eigenvalue weighted by molar-refractivity contribution is 0.0620. The topological polar surface area (TPSA) is 46.3 Å². The van der Waals surface area contributed by atoms with Crippen LogP contribution in [0, 0.1) is 6.92 Å². The van der Waals surface area contributed by atoms with Crippen molar-refractivity contribution >= 4 is 11.6 Å². The van der Waals surface area contributed by atoms with E-state index in [0.29, 0.717) is 16.8 Å². The largest absolute Gasteiger partial charge is 0.398 e. The maximum Gasteiger partial charge on any atom is 0.256 e. The first kappa shape index (κ1) is 12.4. The fourth-order valence-electron chi connectivity index (χ4n) is 1.46. The SMILES string of the molecule is Cc1cccc(N)c1C(=O)N(C)CC(F)F. The Kier molecular flexibility index (Phi) is 3.82. The highest BCUT2D eigenvalue weighted by atomic mass is 19.3. The molecule has 5 heteroatoms. The fourth-order valence-corrected chi connectivity index (χ4v) is 1.46. The van der Waals surface area contributed by atoms with Crippen molar-refractivity contribution < 1.29 is 13.6 Å². The number of hydrogen-bond donors (Lipinski definition) is 1. The van der Waals surface area contributed by atoms with Crippen LogP contribution in [0.15, 0.2) is 18.2 Å². The molecule has 0 aliphatic carbocycles. The zero-order chi connectivity index (χ0) is 12.3. The highest BCUT2D eigenvalue weighted by Gasteiger charge is 2.19. The van der Waals surface area contributed by atoms with E-state index in [0.717, 1.165) is 4.90 Å². The Hall–Kier alpha value is -1.65. The average molecular weight is 228 g/mol. The number of anilines is 1. The summed E-state index contributed by atoms with van der Waals surface area (Å²) < 4.78 is 24.3. The number of nitrogens with zero attached hydrogens (tertiary/aromatic N) is 1. The van der Waals surface area contributed by atoms with Gasteiger partial charge in [-0.3, -0.25) is 4.79 Å². The van der Waals surface area contributed by atoms with Gasteiger partial charge in [-0.15, -0.1) is 0 Å². The Balaban J connectivity index is 2.96. The van der Waals surface area contributed by atoms with Crippen LogP contribution in [-0.4, -0.2) is 30.8 Å². The quantitative estimate of drug-likeness (QED) is 0.803. The lowest BCUT2D eigenvalue weighted by Gasteiger charge is -2.18. The van der Waals surface area contributed by atoms with E-state index in [4.69, 9.17) is 5.73 Å². The Morgan fingerprint density at radius 1 is 1.50 bits per heavy atom. The van der Waals surface area contributed by atoms with Crippen molar-refractivity contribution in [3.8, 4) is 0 Å². The molecular weight excluding hydrogens is 214 g/mol. The van der Waals surface area contributed by atoms with E-state index >= 15 is 0 Å². The van der Waals surface area contributed by atoms with E-state index in [2.05, 4.69) is 0 Å². The van der Waals surface area contributed by atoms with Gasteiger partial charge >= 0.3 is 0 Å². The van der Waals surface area contributed by atoms with Gasteiger partial charge in [0.2, 0.25) is 0 Å². The molecule has 0 aliphatic heterocycles. The number of alkyl halides is 2. The maximum absolute atomic E-state index is 12.1. The molecule has 0 atom stereocenters. The first-order chi connectivity index (χ1) is 7.43. The molecule has 88 valence electrons. The summed E-state index contributed by atoms with van der Waals surface area (Å²) >= 11 is 0. The van der Waals surface area contributed by atoms with E-state index in [9.17, 15) is 13.6 Å². The molecule has 1 aromatic rings. The highest BCUT2D eigenvalue weighted by Crippen LogP contribution is 2.18. The van der Waals surface area contributed by atoms with Crippen molar-refractivity contribution in [2.75, 3.05) is 19.3 Å². The van der Waals surface area contributed by atoms with Crippen LogP contribution < -0.4 is 5.73 Å². The fraction of sp³-hybridized carbons (Fsp3) is 0.364. The van der Waals surface area contributed by atoms with Gasteiger partial charge in [-0.2, -0.15) is 0 Å². The molecule has 1 amide bonds. The molecule has 0 saturated heterocycles. The molecule has 0 fully saturated rings. The van der Waals surface area contributed by atoms with Crippen molar-refractivity contribution in [1.82, 2.24) is 4.90 Å². The van der Waals surface area contributed by atoms with Crippen molar-refractivity contribution in [2.45, 2.75) is 13.3 Å². The van der Waals surface area contributed by atoms with E-state index in [1.54, 1.807) is 25.1 Å². The summed E-state index contributed by atoms with van der Waals surface area (Å²) in [5, 5.41) is 0. The molecule has 0 heterocycles. The molecule has 1 aromatic carbocycles. The lowest BCUT2D eigenvalue weighted by atomic mass is 10.1. The molecule has 1 rings (SSSR count). The average Bonchev–Trinajstić information content (AvgIpc) is 2.16. The van der Waals surface area contributed by atoms with E-state index in [-0.39, 0.29) is 0 Å². The number of amides is 1. The smallest absolute Gasteiger partial charge is 0.256 e. The number of halogens is 2. The van der Waals surface area contributed by atoms with E-state index < -0.39 is 18.9 Å². The maximum atomic E-state index is 12.1. The number of nitrogens with two attached hydrogens (primary N) is 1. The molecule has 0 unspecified atom stereocenters. The monoisotopic (exact) mass is 228 g/mol. The zero-order valence-corrected chi connectivity index (χ0v) is 9.21. The molecule has 3 nitrogen and oxygen atoms in total. The van der Waals surface area contributed by atoms with Gasteiger partial charge in [0.25, 0.3) is 12.3 Å². The van der Waals surface area contributed by atoms with Gasteiger partial charge in [0.05, 0.1) is 12.1 Å². The normalized spacial score (nSPS) is 10.6. The lowest BCUT2D eigenvalue weighted by Crippen LogP contribution is -2.32. The summed E-state index contributed by atoms with van der Waals surface area (Å²) in [5.74, 6) is -0.476. The second kappa shape index (κ2) is 4.92. The van der Waals surface area contributed by atoms with Crippen LogP contribution >= 0.6 is 0 Å². The van der Waals surface area contributed by atoms with Gasteiger partial charge in [-0.25, -0.2) is 8.78 Å². The second-order valence-electron chi connectivity index (χ2n) is 3.62. The van der Waals surface area contributed by atoms with Crippen LogP contribution in [0.1, 0.15) is 15.9 Å². The third kappa shape index (κ3) is 2.68. The number of nitrogen functional groups attached to an aromatic ring is 1. The molecule has 16 heavy (non-hydrogen) atoms. The van der Waals surface area contributed by atoms with Gasteiger partial charge < -0.3 is 10.6 Å². The van der Waals surface area contributed by atoms with Gasteiger partial charge in [0, 0.05) is 12.7 Å². The predicted molar refractivity (Wildman–Crippen MR) is 58.6 cm³/mol. The Morgan fingerprint density at radius 2 is 2.12 bits per heavy atom.